The molecule has 0 fully saturated rings. The van der Waals surface area contributed by atoms with Gasteiger partial charge in [0, 0.05) is 17.5 Å². The minimum absolute atomic E-state index is 0.318. The third-order valence-corrected chi connectivity index (χ3v) is 2.13. The Morgan fingerprint density at radius 3 is 2.93 bits per heavy atom. The predicted molar refractivity (Wildman–Crippen MR) is 62.5 cm³/mol. The fraction of sp³-hybridized carbons (Fsp3) is 0. The lowest BCUT2D eigenvalue weighted by atomic mass is 10.2. The lowest BCUT2D eigenvalue weighted by molar-refractivity contribution is 1.47. The summed E-state index contributed by atoms with van der Waals surface area (Å²) in [6.45, 7) is 0. The lowest BCUT2D eigenvalue weighted by Crippen LogP contribution is -2.17. The molecule has 3 nitrogen and oxygen atoms in total. The minimum atomic E-state index is 0.318. The molecule has 0 aliphatic carbocycles. The third kappa shape index (κ3) is 1.65. The van der Waals surface area contributed by atoms with Gasteiger partial charge in [-0.15, -0.1) is 0 Å². The number of fused-ring (bicyclic) bond motifs is 1. The number of nitrogens with two attached hydrogens (primary N) is 1. The summed E-state index contributed by atoms with van der Waals surface area (Å²) >= 11 is 4.88. The highest BCUT2D eigenvalue weighted by Crippen LogP contribution is 2.17. The monoisotopic (exact) mass is 203 g/mol. The van der Waals surface area contributed by atoms with Crippen LogP contribution in [0, 0.1) is 0 Å². The van der Waals surface area contributed by atoms with Gasteiger partial charge in [0.05, 0.1) is 11.9 Å². The number of thiocarbonyl (C=S) groups is 1. The molecule has 0 saturated carbocycles. The summed E-state index contributed by atoms with van der Waals surface area (Å²) < 4.78 is 0. The second-order valence-electron chi connectivity index (χ2n) is 2.90. The van der Waals surface area contributed by atoms with Gasteiger partial charge in [0.15, 0.2) is 0 Å². The molecule has 1 aliphatic rings. The molecule has 0 bridgehead atoms. The van der Waals surface area contributed by atoms with Crippen molar-refractivity contribution < 1.29 is 0 Å². The van der Waals surface area contributed by atoms with Crippen molar-refractivity contribution in [2.24, 2.45) is 10.7 Å². The van der Waals surface area contributed by atoms with Crippen LogP contribution in [0.15, 0.2) is 41.2 Å². The van der Waals surface area contributed by atoms with Crippen molar-refractivity contribution >= 4 is 29.1 Å². The number of nitrogens with one attached hydrogen (secondary N) is 1. The standard InChI is InChI=1S/C10H9N3S/c11-10(14)9-6-12-5-7-3-1-2-4-8(7)13-9/h1-6,13H,(H2,11,14). The average molecular weight is 203 g/mol. The summed E-state index contributed by atoms with van der Waals surface area (Å²) in [7, 11) is 0. The van der Waals surface area contributed by atoms with Gasteiger partial charge < -0.3 is 11.1 Å². The zero-order valence-corrected chi connectivity index (χ0v) is 8.21. The highest BCUT2D eigenvalue weighted by Gasteiger charge is 2.06. The number of rotatable bonds is 1. The number of hydrogen-bond acceptors (Lipinski definition) is 3. The summed E-state index contributed by atoms with van der Waals surface area (Å²) in [5, 5.41) is 3.13. The molecule has 0 aromatic heterocycles. The maximum atomic E-state index is 5.52. The van der Waals surface area contributed by atoms with E-state index < -0.39 is 0 Å². The molecule has 0 unspecified atom stereocenters. The van der Waals surface area contributed by atoms with Crippen LogP contribution in [0.4, 0.5) is 5.69 Å². The fourth-order valence-electron chi connectivity index (χ4n) is 1.22. The van der Waals surface area contributed by atoms with Crippen LogP contribution in [0.1, 0.15) is 5.56 Å². The molecular weight excluding hydrogens is 194 g/mol. The van der Waals surface area contributed by atoms with Crippen LogP contribution in [0.2, 0.25) is 0 Å². The number of hydrogen-bond donors (Lipinski definition) is 2. The van der Waals surface area contributed by atoms with E-state index in [2.05, 4.69) is 10.3 Å². The number of aliphatic imine (C=N–C) groups is 1. The van der Waals surface area contributed by atoms with E-state index in [1.54, 1.807) is 12.4 Å². The minimum Gasteiger partial charge on any atom is -0.388 e. The molecule has 1 heterocycles. The Morgan fingerprint density at radius 2 is 2.14 bits per heavy atom. The molecule has 3 N–H and O–H groups in total. The maximum Gasteiger partial charge on any atom is 0.122 e. The maximum absolute atomic E-state index is 5.52. The smallest absolute Gasteiger partial charge is 0.122 e. The van der Waals surface area contributed by atoms with E-state index in [-0.39, 0.29) is 0 Å². The van der Waals surface area contributed by atoms with E-state index in [9.17, 15) is 0 Å². The largest absolute Gasteiger partial charge is 0.388 e. The van der Waals surface area contributed by atoms with Crippen LogP contribution < -0.4 is 11.1 Å². The van der Waals surface area contributed by atoms with Gasteiger partial charge in [-0.05, 0) is 6.07 Å². The quantitative estimate of drug-likeness (QED) is 0.682. The van der Waals surface area contributed by atoms with Crippen molar-refractivity contribution in [3.8, 4) is 0 Å². The molecule has 0 spiro atoms. The summed E-state index contributed by atoms with van der Waals surface area (Å²) in [6.07, 6.45) is 3.40. The van der Waals surface area contributed by atoms with Gasteiger partial charge in [0.25, 0.3) is 0 Å². The van der Waals surface area contributed by atoms with Gasteiger partial charge in [-0.1, -0.05) is 30.4 Å². The first kappa shape index (κ1) is 8.90. The summed E-state index contributed by atoms with van der Waals surface area (Å²) in [5.41, 5.74) is 8.18. The average Bonchev–Trinajstić information content (AvgIpc) is 2.39. The van der Waals surface area contributed by atoms with Crippen LogP contribution in [-0.4, -0.2) is 11.2 Å². The lowest BCUT2D eigenvalue weighted by Gasteiger charge is -2.08. The van der Waals surface area contributed by atoms with Gasteiger partial charge in [-0.3, -0.25) is 4.99 Å². The molecule has 1 aliphatic heterocycles. The SMILES string of the molecule is NC(=S)C1=CN=Cc2ccccc2N1. The van der Waals surface area contributed by atoms with Crippen LogP contribution in [-0.2, 0) is 0 Å². The summed E-state index contributed by atoms with van der Waals surface area (Å²) in [5.74, 6) is 0. The highest BCUT2D eigenvalue weighted by molar-refractivity contribution is 7.80. The van der Waals surface area contributed by atoms with Crippen molar-refractivity contribution in [1.29, 1.82) is 0 Å². The second kappa shape index (κ2) is 3.59. The molecular formula is C10H9N3S. The molecule has 1 aromatic carbocycles. The first-order valence-electron chi connectivity index (χ1n) is 4.16. The Kier molecular flexibility index (Phi) is 2.28. The Hall–Kier alpha value is -1.68. The topological polar surface area (TPSA) is 50.4 Å². The Morgan fingerprint density at radius 1 is 1.36 bits per heavy atom. The number of benzene rings is 1. The Labute approximate surface area is 87.3 Å². The number of para-hydroxylation sites is 1. The van der Waals surface area contributed by atoms with E-state index in [1.165, 1.54) is 0 Å². The molecule has 14 heavy (non-hydrogen) atoms. The zero-order chi connectivity index (χ0) is 9.97. The second-order valence-corrected chi connectivity index (χ2v) is 3.34. The molecule has 0 atom stereocenters. The van der Waals surface area contributed by atoms with Gasteiger partial charge in [0.1, 0.15) is 4.99 Å². The van der Waals surface area contributed by atoms with Gasteiger partial charge >= 0.3 is 0 Å². The molecule has 0 saturated heterocycles. The van der Waals surface area contributed by atoms with Gasteiger partial charge in [-0.25, -0.2) is 0 Å². The van der Waals surface area contributed by atoms with Crippen LogP contribution in [0.5, 0.6) is 0 Å². The van der Waals surface area contributed by atoms with Crippen molar-refractivity contribution in [3.63, 3.8) is 0 Å². The van der Waals surface area contributed by atoms with Crippen LogP contribution in [0.3, 0.4) is 0 Å². The van der Waals surface area contributed by atoms with Crippen LogP contribution >= 0.6 is 12.2 Å². The van der Waals surface area contributed by atoms with Crippen molar-refractivity contribution in [3.05, 3.63) is 41.7 Å². The van der Waals surface area contributed by atoms with Crippen LogP contribution in [0.25, 0.3) is 0 Å². The Bertz CT molecular complexity index is 435. The predicted octanol–water partition coefficient (Wildman–Crippen LogP) is 1.66. The van der Waals surface area contributed by atoms with Gasteiger partial charge in [0.2, 0.25) is 0 Å². The normalized spacial score (nSPS) is 13.6. The summed E-state index contributed by atoms with van der Waals surface area (Å²) in [6, 6.07) is 7.83. The summed E-state index contributed by atoms with van der Waals surface area (Å²) in [4.78, 5) is 4.42. The van der Waals surface area contributed by atoms with E-state index in [0.29, 0.717) is 10.7 Å². The van der Waals surface area contributed by atoms with Crippen molar-refractivity contribution in [2.75, 3.05) is 5.32 Å². The fourth-order valence-corrected chi connectivity index (χ4v) is 1.32. The van der Waals surface area contributed by atoms with E-state index >= 15 is 0 Å². The molecule has 0 radical (unpaired) electrons. The van der Waals surface area contributed by atoms with Gasteiger partial charge in [-0.2, -0.15) is 0 Å². The van der Waals surface area contributed by atoms with E-state index in [0.717, 1.165) is 11.3 Å². The molecule has 1 aromatic rings. The molecule has 0 amide bonds. The molecule has 2 rings (SSSR count). The van der Waals surface area contributed by atoms with Crippen molar-refractivity contribution in [1.82, 2.24) is 0 Å². The number of anilines is 1. The molecule has 4 heteroatoms. The molecule has 70 valence electrons. The highest BCUT2D eigenvalue weighted by atomic mass is 32.1. The first-order chi connectivity index (χ1) is 6.77. The first-order valence-corrected chi connectivity index (χ1v) is 4.57. The zero-order valence-electron chi connectivity index (χ0n) is 7.40. The van der Waals surface area contributed by atoms with E-state index in [4.69, 9.17) is 18.0 Å². The third-order valence-electron chi connectivity index (χ3n) is 1.91. The number of nitrogens with zero attached hydrogens (tertiary/aromatic N) is 1. The van der Waals surface area contributed by atoms with E-state index in [1.807, 2.05) is 24.3 Å². The Balaban J connectivity index is 2.42. The van der Waals surface area contributed by atoms with Crippen molar-refractivity contribution in [2.45, 2.75) is 0 Å².